The fraction of sp³-hybridized carbons (Fsp3) is 0.0769. The molecule has 10 heteroatoms. The molecule has 3 N–H and O–H groups in total. The number of H-pyrrole nitrogens is 1. The van der Waals surface area contributed by atoms with Gasteiger partial charge in [0.1, 0.15) is 18.0 Å². The SMILES string of the molecule is N#C/C(=C/Nc1ncn[nH]1)C(=O)Nc1cccc(C(F)(F)F)c1. The molecule has 0 saturated carbocycles. The Bertz CT molecular complexity index is 761. The van der Waals surface area contributed by atoms with Crippen molar-refractivity contribution in [2.45, 2.75) is 6.18 Å². The minimum Gasteiger partial charge on any atom is -0.330 e. The van der Waals surface area contributed by atoms with Gasteiger partial charge in [0.05, 0.1) is 5.56 Å². The maximum atomic E-state index is 12.6. The number of hydrogen-bond acceptors (Lipinski definition) is 5. The third kappa shape index (κ3) is 4.31. The summed E-state index contributed by atoms with van der Waals surface area (Å²) in [6, 6.07) is 5.72. The van der Waals surface area contributed by atoms with Crippen LogP contribution in [0.15, 0.2) is 42.4 Å². The van der Waals surface area contributed by atoms with E-state index >= 15 is 0 Å². The number of aromatic nitrogens is 3. The molecule has 0 aliphatic carbocycles. The van der Waals surface area contributed by atoms with Crippen molar-refractivity contribution in [3.63, 3.8) is 0 Å². The molecule has 1 heterocycles. The number of nitrogens with zero attached hydrogens (tertiary/aromatic N) is 3. The average Bonchev–Trinajstić information content (AvgIpc) is 3.00. The highest BCUT2D eigenvalue weighted by Crippen LogP contribution is 2.30. The molecular formula is C13H9F3N6O. The van der Waals surface area contributed by atoms with Crippen LogP contribution in [0.25, 0.3) is 0 Å². The van der Waals surface area contributed by atoms with Gasteiger partial charge in [-0.3, -0.25) is 4.79 Å². The molecule has 0 fully saturated rings. The van der Waals surface area contributed by atoms with E-state index in [9.17, 15) is 18.0 Å². The van der Waals surface area contributed by atoms with Crippen LogP contribution in [0.3, 0.4) is 0 Å². The van der Waals surface area contributed by atoms with Gasteiger partial charge in [-0.05, 0) is 18.2 Å². The van der Waals surface area contributed by atoms with Gasteiger partial charge in [0.15, 0.2) is 0 Å². The molecule has 0 aliphatic heterocycles. The second kappa shape index (κ2) is 6.61. The molecular weight excluding hydrogens is 313 g/mol. The lowest BCUT2D eigenvalue weighted by molar-refractivity contribution is -0.137. The Kier molecular flexibility index (Phi) is 4.61. The topological polar surface area (TPSA) is 106 Å². The summed E-state index contributed by atoms with van der Waals surface area (Å²) >= 11 is 0. The van der Waals surface area contributed by atoms with Crippen molar-refractivity contribution in [3.05, 3.63) is 47.9 Å². The average molecular weight is 322 g/mol. The lowest BCUT2D eigenvalue weighted by Gasteiger charge is -2.09. The molecule has 0 unspecified atom stereocenters. The summed E-state index contributed by atoms with van der Waals surface area (Å²) in [5.41, 5.74) is -1.33. The van der Waals surface area contributed by atoms with Crippen LogP contribution >= 0.6 is 0 Å². The van der Waals surface area contributed by atoms with Gasteiger partial charge in [-0.2, -0.15) is 28.5 Å². The summed E-state index contributed by atoms with van der Waals surface area (Å²) in [5.74, 6) is -0.663. The predicted octanol–water partition coefficient (Wildman–Crippen LogP) is 2.28. The van der Waals surface area contributed by atoms with E-state index in [1.165, 1.54) is 12.4 Å². The van der Waals surface area contributed by atoms with Gasteiger partial charge in [-0.25, -0.2) is 5.10 Å². The maximum absolute atomic E-state index is 12.6. The smallest absolute Gasteiger partial charge is 0.330 e. The molecule has 0 radical (unpaired) electrons. The molecule has 0 atom stereocenters. The number of nitriles is 1. The number of carbonyl (C=O) groups excluding carboxylic acids is 1. The molecule has 0 bridgehead atoms. The van der Waals surface area contributed by atoms with Crippen molar-refractivity contribution in [2.75, 3.05) is 10.6 Å². The Morgan fingerprint density at radius 2 is 2.17 bits per heavy atom. The highest BCUT2D eigenvalue weighted by Gasteiger charge is 2.30. The van der Waals surface area contributed by atoms with Crippen molar-refractivity contribution in [3.8, 4) is 6.07 Å². The van der Waals surface area contributed by atoms with E-state index in [2.05, 4.69) is 25.8 Å². The van der Waals surface area contributed by atoms with Crippen LogP contribution in [0, 0.1) is 11.3 Å². The first kappa shape index (κ1) is 16.0. The van der Waals surface area contributed by atoms with Crippen molar-refractivity contribution in [1.29, 1.82) is 5.26 Å². The predicted molar refractivity (Wildman–Crippen MR) is 73.8 cm³/mol. The minimum atomic E-state index is -4.53. The number of benzene rings is 1. The zero-order valence-electron chi connectivity index (χ0n) is 11.3. The van der Waals surface area contributed by atoms with E-state index in [-0.39, 0.29) is 17.2 Å². The van der Waals surface area contributed by atoms with Gasteiger partial charge in [0.25, 0.3) is 5.91 Å². The Labute approximate surface area is 127 Å². The molecule has 1 aromatic carbocycles. The normalized spacial score (nSPS) is 11.7. The van der Waals surface area contributed by atoms with Crippen LogP contribution in [-0.2, 0) is 11.0 Å². The zero-order chi connectivity index (χ0) is 16.9. The van der Waals surface area contributed by atoms with E-state index in [0.717, 1.165) is 24.4 Å². The highest BCUT2D eigenvalue weighted by atomic mass is 19.4. The summed E-state index contributed by atoms with van der Waals surface area (Å²) < 4.78 is 37.8. The third-order valence-corrected chi connectivity index (χ3v) is 2.58. The Morgan fingerprint density at radius 1 is 1.39 bits per heavy atom. The molecule has 0 saturated heterocycles. The first-order valence-electron chi connectivity index (χ1n) is 6.11. The van der Waals surface area contributed by atoms with Gasteiger partial charge in [-0.1, -0.05) is 6.07 Å². The fourth-order valence-electron chi connectivity index (χ4n) is 1.54. The second-order valence-corrected chi connectivity index (χ2v) is 4.18. The van der Waals surface area contributed by atoms with E-state index in [4.69, 9.17) is 5.26 Å². The maximum Gasteiger partial charge on any atom is 0.416 e. The van der Waals surface area contributed by atoms with Gasteiger partial charge in [0, 0.05) is 11.9 Å². The number of halogens is 3. The fourth-order valence-corrected chi connectivity index (χ4v) is 1.54. The largest absolute Gasteiger partial charge is 0.416 e. The van der Waals surface area contributed by atoms with E-state index in [0.29, 0.717) is 0 Å². The Balaban J connectivity index is 2.11. The lowest BCUT2D eigenvalue weighted by atomic mass is 10.2. The summed E-state index contributed by atoms with van der Waals surface area (Å²) in [7, 11) is 0. The lowest BCUT2D eigenvalue weighted by Crippen LogP contribution is -2.15. The standard InChI is InChI=1S/C13H9F3N6O/c14-13(15,16)9-2-1-3-10(4-9)21-11(23)8(5-17)6-18-12-19-7-20-22-12/h1-4,6-7H,(H,21,23)(H2,18,19,20,22)/b8-6-. The summed E-state index contributed by atoms with van der Waals surface area (Å²) in [6.45, 7) is 0. The summed E-state index contributed by atoms with van der Waals surface area (Å²) in [6.07, 6.45) is -2.25. The zero-order valence-corrected chi connectivity index (χ0v) is 11.3. The first-order chi connectivity index (χ1) is 10.9. The minimum absolute atomic E-state index is 0.0781. The monoisotopic (exact) mass is 322 g/mol. The van der Waals surface area contributed by atoms with Crippen molar-refractivity contribution < 1.29 is 18.0 Å². The summed E-state index contributed by atoms with van der Waals surface area (Å²) in [5, 5.41) is 19.7. The number of hydrogen-bond donors (Lipinski definition) is 3. The number of rotatable bonds is 4. The number of nitrogens with one attached hydrogen (secondary N) is 3. The van der Waals surface area contributed by atoms with Crippen LogP contribution in [0.2, 0.25) is 0 Å². The van der Waals surface area contributed by atoms with Gasteiger partial charge in [-0.15, -0.1) is 0 Å². The van der Waals surface area contributed by atoms with Crippen LogP contribution in [0.4, 0.5) is 24.8 Å². The number of aromatic amines is 1. The number of anilines is 2. The molecule has 2 aromatic rings. The van der Waals surface area contributed by atoms with Crippen LogP contribution in [-0.4, -0.2) is 21.1 Å². The van der Waals surface area contributed by atoms with Crippen LogP contribution in [0.5, 0.6) is 0 Å². The van der Waals surface area contributed by atoms with Gasteiger partial charge < -0.3 is 10.6 Å². The van der Waals surface area contributed by atoms with E-state index in [1.807, 2.05) is 0 Å². The molecule has 118 valence electrons. The van der Waals surface area contributed by atoms with Crippen molar-refractivity contribution in [2.24, 2.45) is 0 Å². The molecule has 1 amide bonds. The van der Waals surface area contributed by atoms with Crippen molar-refractivity contribution in [1.82, 2.24) is 15.2 Å². The molecule has 1 aromatic heterocycles. The molecule has 23 heavy (non-hydrogen) atoms. The van der Waals surface area contributed by atoms with Crippen LogP contribution in [0.1, 0.15) is 5.56 Å². The second-order valence-electron chi connectivity index (χ2n) is 4.18. The number of amides is 1. The summed E-state index contributed by atoms with van der Waals surface area (Å²) in [4.78, 5) is 15.6. The van der Waals surface area contributed by atoms with Crippen LogP contribution < -0.4 is 10.6 Å². The van der Waals surface area contributed by atoms with Crippen molar-refractivity contribution >= 4 is 17.5 Å². The number of alkyl halides is 3. The number of carbonyl (C=O) groups is 1. The van der Waals surface area contributed by atoms with Gasteiger partial charge in [0.2, 0.25) is 5.95 Å². The Hall–Kier alpha value is -3.35. The van der Waals surface area contributed by atoms with E-state index < -0.39 is 17.6 Å². The quantitative estimate of drug-likeness (QED) is 0.591. The third-order valence-electron chi connectivity index (χ3n) is 2.58. The molecule has 0 aliphatic rings. The van der Waals surface area contributed by atoms with E-state index in [1.54, 1.807) is 6.07 Å². The first-order valence-corrected chi connectivity index (χ1v) is 6.11. The highest BCUT2D eigenvalue weighted by molar-refractivity contribution is 6.06. The molecule has 0 spiro atoms. The Morgan fingerprint density at radius 3 is 2.78 bits per heavy atom. The molecule has 7 nitrogen and oxygen atoms in total. The van der Waals surface area contributed by atoms with Gasteiger partial charge >= 0.3 is 6.18 Å². The molecule has 2 rings (SSSR count).